The largest absolute Gasteiger partial charge is 0.312 e. The second-order valence-corrected chi connectivity index (χ2v) is 8.38. The number of nitrogens with one attached hydrogen (secondary N) is 1. The fourth-order valence-corrected chi connectivity index (χ4v) is 5.28. The Kier molecular flexibility index (Phi) is 5.60. The standard InChI is InChI=1S/C14H24N2O2S2/c1-3-7-15-11-13-14(6-10-19-13)20(17,18)16-8-4-12(2)5-9-16/h6,10,12,15H,3-5,7-9,11H2,1-2H3. The highest BCUT2D eigenvalue weighted by molar-refractivity contribution is 7.89. The van der Waals surface area contributed by atoms with Gasteiger partial charge in [-0.25, -0.2) is 8.42 Å². The van der Waals surface area contributed by atoms with Crippen molar-refractivity contribution >= 4 is 21.4 Å². The summed E-state index contributed by atoms with van der Waals surface area (Å²) in [6, 6.07) is 1.75. The maximum Gasteiger partial charge on any atom is 0.244 e. The van der Waals surface area contributed by atoms with E-state index >= 15 is 0 Å². The highest BCUT2D eigenvalue weighted by Crippen LogP contribution is 2.28. The highest BCUT2D eigenvalue weighted by atomic mass is 32.2. The summed E-state index contributed by atoms with van der Waals surface area (Å²) in [4.78, 5) is 1.43. The molecule has 4 nitrogen and oxygen atoms in total. The zero-order valence-electron chi connectivity index (χ0n) is 12.3. The minimum atomic E-state index is -3.31. The molecule has 0 amide bonds. The lowest BCUT2D eigenvalue weighted by Crippen LogP contribution is -2.38. The van der Waals surface area contributed by atoms with Gasteiger partial charge in [-0.05, 0) is 43.2 Å². The predicted molar refractivity (Wildman–Crippen MR) is 83.5 cm³/mol. The molecule has 1 aliphatic heterocycles. The first-order valence-corrected chi connectivity index (χ1v) is 9.65. The van der Waals surface area contributed by atoms with Crippen molar-refractivity contribution in [1.29, 1.82) is 0 Å². The van der Waals surface area contributed by atoms with Gasteiger partial charge in [-0.3, -0.25) is 0 Å². The summed E-state index contributed by atoms with van der Waals surface area (Å²) in [7, 11) is -3.31. The van der Waals surface area contributed by atoms with E-state index in [0.717, 1.165) is 30.7 Å². The SMILES string of the molecule is CCCNCc1sccc1S(=O)(=O)N1CCC(C)CC1. The van der Waals surface area contributed by atoms with Crippen molar-refractivity contribution in [2.24, 2.45) is 5.92 Å². The molecule has 1 aromatic rings. The molecule has 1 N–H and O–H groups in total. The van der Waals surface area contributed by atoms with Crippen LogP contribution < -0.4 is 5.32 Å². The summed E-state index contributed by atoms with van der Waals surface area (Å²) >= 11 is 1.52. The van der Waals surface area contributed by atoms with Crippen LogP contribution in [-0.2, 0) is 16.6 Å². The van der Waals surface area contributed by atoms with E-state index in [1.165, 1.54) is 11.3 Å². The lowest BCUT2D eigenvalue weighted by atomic mass is 10.0. The Morgan fingerprint density at radius 3 is 2.75 bits per heavy atom. The van der Waals surface area contributed by atoms with Crippen molar-refractivity contribution in [1.82, 2.24) is 9.62 Å². The van der Waals surface area contributed by atoms with Gasteiger partial charge in [0.15, 0.2) is 0 Å². The topological polar surface area (TPSA) is 49.4 Å². The Labute approximate surface area is 126 Å². The number of sulfonamides is 1. The molecule has 1 saturated heterocycles. The van der Waals surface area contributed by atoms with Gasteiger partial charge in [-0.1, -0.05) is 13.8 Å². The van der Waals surface area contributed by atoms with Crippen LogP contribution >= 0.6 is 11.3 Å². The quantitative estimate of drug-likeness (QED) is 0.821. The third-order valence-electron chi connectivity index (χ3n) is 3.78. The van der Waals surface area contributed by atoms with Crippen LogP contribution in [0, 0.1) is 5.92 Å². The Morgan fingerprint density at radius 1 is 1.40 bits per heavy atom. The van der Waals surface area contributed by atoms with Gasteiger partial charge >= 0.3 is 0 Å². The smallest absolute Gasteiger partial charge is 0.244 e. The van der Waals surface area contributed by atoms with E-state index in [1.807, 2.05) is 5.38 Å². The average Bonchev–Trinajstić information content (AvgIpc) is 2.89. The molecule has 2 rings (SSSR count). The van der Waals surface area contributed by atoms with Crippen molar-refractivity contribution in [2.75, 3.05) is 19.6 Å². The molecule has 0 bridgehead atoms. The number of piperidine rings is 1. The van der Waals surface area contributed by atoms with Gasteiger partial charge in [-0.2, -0.15) is 4.31 Å². The van der Waals surface area contributed by atoms with E-state index in [0.29, 0.717) is 30.4 Å². The Bertz CT molecular complexity index is 517. The van der Waals surface area contributed by atoms with E-state index in [1.54, 1.807) is 10.4 Å². The van der Waals surface area contributed by atoms with Crippen LogP contribution in [0.15, 0.2) is 16.3 Å². The third-order valence-corrected chi connectivity index (χ3v) is 6.81. The first-order valence-electron chi connectivity index (χ1n) is 7.33. The maximum absolute atomic E-state index is 12.7. The molecule has 0 atom stereocenters. The zero-order chi connectivity index (χ0) is 14.6. The van der Waals surface area contributed by atoms with E-state index in [4.69, 9.17) is 0 Å². The van der Waals surface area contributed by atoms with Crippen LogP contribution in [0.5, 0.6) is 0 Å². The summed E-state index contributed by atoms with van der Waals surface area (Å²) in [5.41, 5.74) is 0. The molecule has 0 radical (unpaired) electrons. The normalized spacial score (nSPS) is 18.5. The van der Waals surface area contributed by atoms with Crippen LogP contribution in [-0.4, -0.2) is 32.4 Å². The molecule has 6 heteroatoms. The van der Waals surface area contributed by atoms with Crippen LogP contribution in [0.4, 0.5) is 0 Å². The van der Waals surface area contributed by atoms with Crippen molar-refractivity contribution in [2.45, 2.75) is 44.6 Å². The van der Waals surface area contributed by atoms with Crippen molar-refractivity contribution in [3.63, 3.8) is 0 Å². The van der Waals surface area contributed by atoms with E-state index in [2.05, 4.69) is 19.2 Å². The Hall–Kier alpha value is -0.430. The minimum Gasteiger partial charge on any atom is -0.312 e. The fraction of sp³-hybridized carbons (Fsp3) is 0.714. The predicted octanol–water partition coefficient (Wildman–Crippen LogP) is 2.67. The summed E-state index contributed by atoms with van der Waals surface area (Å²) in [5, 5.41) is 5.16. The van der Waals surface area contributed by atoms with Gasteiger partial charge in [0.25, 0.3) is 0 Å². The molecule has 20 heavy (non-hydrogen) atoms. The lowest BCUT2D eigenvalue weighted by molar-refractivity contribution is 0.288. The van der Waals surface area contributed by atoms with E-state index in [9.17, 15) is 8.42 Å². The third kappa shape index (κ3) is 3.61. The molecule has 2 heterocycles. The fourth-order valence-electron chi connectivity index (χ4n) is 2.43. The summed E-state index contributed by atoms with van der Waals surface area (Å²) in [5.74, 6) is 0.634. The molecular weight excluding hydrogens is 292 g/mol. The lowest BCUT2D eigenvalue weighted by Gasteiger charge is -2.29. The highest BCUT2D eigenvalue weighted by Gasteiger charge is 2.30. The van der Waals surface area contributed by atoms with E-state index < -0.39 is 10.0 Å². The monoisotopic (exact) mass is 316 g/mol. The van der Waals surface area contributed by atoms with Crippen molar-refractivity contribution < 1.29 is 8.42 Å². The molecule has 1 aliphatic rings. The maximum atomic E-state index is 12.7. The average molecular weight is 316 g/mol. The van der Waals surface area contributed by atoms with Gasteiger partial charge in [0, 0.05) is 24.5 Å². The first-order chi connectivity index (χ1) is 9.55. The number of rotatable bonds is 6. The number of hydrogen-bond acceptors (Lipinski definition) is 4. The van der Waals surface area contributed by atoms with Gasteiger partial charge in [0.1, 0.15) is 0 Å². The van der Waals surface area contributed by atoms with Crippen LogP contribution in [0.25, 0.3) is 0 Å². The molecule has 1 aromatic heterocycles. The molecule has 0 aliphatic carbocycles. The second kappa shape index (κ2) is 7.02. The van der Waals surface area contributed by atoms with E-state index in [-0.39, 0.29) is 0 Å². The molecule has 0 unspecified atom stereocenters. The minimum absolute atomic E-state index is 0.501. The summed E-state index contributed by atoms with van der Waals surface area (Å²) < 4.78 is 27.1. The summed E-state index contributed by atoms with van der Waals surface area (Å²) in [6.07, 6.45) is 2.98. The van der Waals surface area contributed by atoms with Crippen LogP contribution in [0.2, 0.25) is 0 Å². The van der Waals surface area contributed by atoms with Gasteiger partial charge in [0.2, 0.25) is 10.0 Å². The first kappa shape index (κ1) is 15.9. The molecule has 114 valence electrons. The molecule has 1 fully saturated rings. The number of hydrogen-bond donors (Lipinski definition) is 1. The van der Waals surface area contributed by atoms with Crippen LogP contribution in [0.3, 0.4) is 0 Å². The molecule has 0 spiro atoms. The second-order valence-electron chi connectivity index (χ2n) is 5.47. The van der Waals surface area contributed by atoms with Gasteiger partial charge in [-0.15, -0.1) is 11.3 Å². The number of thiophene rings is 1. The van der Waals surface area contributed by atoms with Gasteiger partial charge in [0.05, 0.1) is 4.90 Å². The van der Waals surface area contributed by atoms with Crippen molar-refractivity contribution in [3.8, 4) is 0 Å². The van der Waals surface area contributed by atoms with Gasteiger partial charge < -0.3 is 5.32 Å². The molecular formula is C14H24N2O2S2. The Balaban J connectivity index is 2.11. The molecule has 0 aromatic carbocycles. The van der Waals surface area contributed by atoms with Crippen LogP contribution in [0.1, 0.15) is 38.0 Å². The summed E-state index contributed by atoms with van der Waals surface area (Å²) in [6.45, 7) is 7.16. The number of nitrogens with zero attached hydrogens (tertiary/aromatic N) is 1. The molecule has 0 saturated carbocycles. The zero-order valence-corrected chi connectivity index (χ0v) is 13.9. The Morgan fingerprint density at radius 2 is 2.10 bits per heavy atom. The van der Waals surface area contributed by atoms with Crippen molar-refractivity contribution in [3.05, 3.63) is 16.3 Å².